The molecule has 0 aliphatic carbocycles. The van der Waals surface area contributed by atoms with E-state index in [9.17, 15) is 4.79 Å². The Labute approximate surface area is 94.5 Å². The van der Waals surface area contributed by atoms with Crippen LogP contribution in [0.25, 0.3) is 0 Å². The average Bonchev–Trinajstić information content (AvgIpc) is 2.48. The summed E-state index contributed by atoms with van der Waals surface area (Å²) in [6.45, 7) is 1.94. The van der Waals surface area contributed by atoms with Crippen LogP contribution in [0.4, 0.5) is 5.13 Å². The van der Waals surface area contributed by atoms with Crippen molar-refractivity contribution >= 4 is 38.4 Å². The fraction of sp³-hybridized carbons (Fsp3) is 0.500. The van der Waals surface area contributed by atoms with Crippen LogP contribution in [0.2, 0.25) is 0 Å². The number of hydrogen-bond donors (Lipinski definition) is 2. The lowest BCUT2D eigenvalue weighted by Gasteiger charge is -2.10. The molecule has 1 rings (SSSR count). The lowest BCUT2D eigenvalue weighted by Crippen LogP contribution is -2.16. The van der Waals surface area contributed by atoms with E-state index in [4.69, 9.17) is 5.11 Å². The van der Waals surface area contributed by atoms with Gasteiger partial charge in [-0.1, -0.05) is 0 Å². The van der Waals surface area contributed by atoms with Crippen molar-refractivity contribution in [2.75, 3.05) is 5.32 Å². The first kappa shape index (κ1) is 11.5. The van der Waals surface area contributed by atoms with Gasteiger partial charge in [-0.2, -0.15) is 0 Å². The number of thiazole rings is 1. The van der Waals surface area contributed by atoms with Crippen molar-refractivity contribution in [1.29, 1.82) is 0 Å². The van der Waals surface area contributed by atoms with Crippen molar-refractivity contribution in [2.24, 2.45) is 0 Å². The summed E-state index contributed by atoms with van der Waals surface area (Å²) in [6.07, 6.45) is 0.785. The molecule has 0 saturated heterocycles. The molecule has 1 heterocycles. The van der Waals surface area contributed by atoms with Gasteiger partial charge < -0.3 is 10.4 Å². The van der Waals surface area contributed by atoms with E-state index in [1.54, 1.807) is 0 Å². The van der Waals surface area contributed by atoms with Crippen LogP contribution in [-0.4, -0.2) is 22.1 Å². The molecule has 14 heavy (non-hydrogen) atoms. The molecule has 0 fully saturated rings. The van der Waals surface area contributed by atoms with Gasteiger partial charge in [0, 0.05) is 17.8 Å². The molecule has 1 aromatic rings. The van der Waals surface area contributed by atoms with E-state index in [2.05, 4.69) is 26.2 Å². The molecule has 1 atom stereocenters. The summed E-state index contributed by atoms with van der Waals surface area (Å²) >= 11 is 4.75. The summed E-state index contributed by atoms with van der Waals surface area (Å²) in [5.74, 6) is -0.765. The Kier molecular flexibility index (Phi) is 4.34. The molecule has 0 bridgehead atoms. The van der Waals surface area contributed by atoms with Crippen LogP contribution in [0.15, 0.2) is 9.98 Å². The highest BCUT2D eigenvalue weighted by molar-refractivity contribution is 9.10. The lowest BCUT2D eigenvalue weighted by molar-refractivity contribution is -0.137. The maximum absolute atomic E-state index is 10.3. The predicted octanol–water partition coefficient (Wildman–Crippen LogP) is 2.57. The van der Waals surface area contributed by atoms with E-state index in [-0.39, 0.29) is 12.5 Å². The summed E-state index contributed by atoms with van der Waals surface area (Å²) < 4.78 is 0.801. The number of carbonyl (C=O) groups is 1. The first-order chi connectivity index (χ1) is 6.58. The summed E-state index contributed by atoms with van der Waals surface area (Å²) in [5, 5.41) is 14.3. The second kappa shape index (κ2) is 5.31. The molecule has 4 nitrogen and oxygen atoms in total. The van der Waals surface area contributed by atoms with Gasteiger partial charge in [-0.3, -0.25) is 4.79 Å². The van der Waals surface area contributed by atoms with Crippen LogP contribution in [0.3, 0.4) is 0 Å². The normalized spacial score (nSPS) is 12.4. The van der Waals surface area contributed by atoms with Gasteiger partial charge in [0.2, 0.25) is 0 Å². The van der Waals surface area contributed by atoms with Crippen molar-refractivity contribution < 1.29 is 9.90 Å². The first-order valence-corrected chi connectivity index (χ1v) is 5.84. The minimum atomic E-state index is -0.765. The van der Waals surface area contributed by atoms with E-state index in [1.807, 2.05) is 12.3 Å². The highest BCUT2D eigenvalue weighted by atomic mass is 79.9. The number of carboxylic acid groups (broad SMARTS) is 1. The molecule has 1 unspecified atom stereocenters. The topological polar surface area (TPSA) is 62.2 Å². The van der Waals surface area contributed by atoms with E-state index in [0.29, 0.717) is 6.42 Å². The summed E-state index contributed by atoms with van der Waals surface area (Å²) in [6, 6.07) is 0.129. The zero-order valence-electron chi connectivity index (χ0n) is 7.66. The van der Waals surface area contributed by atoms with Gasteiger partial charge in [0.25, 0.3) is 0 Å². The van der Waals surface area contributed by atoms with Gasteiger partial charge in [-0.25, -0.2) is 4.98 Å². The van der Waals surface area contributed by atoms with Crippen molar-refractivity contribution in [2.45, 2.75) is 25.8 Å². The van der Waals surface area contributed by atoms with Crippen LogP contribution >= 0.6 is 27.3 Å². The Bertz CT molecular complexity index is 316. The summed E-state index contributed by atoms with van der Waals surface area (Å²) in [5.41, 5.74) is 0. The largest absolute Gasteiger partial charge is 0.481 e. The van der Waals surface area contributed by atoms with Gasteiger partial charge in [-0.15, -0.1) is 11.3 Å². The zero-order chi connectivity index (χ0) is 10.6. The maximum Gasteiger partial charge on any atom is 0.303 e. The number of rotatable bonds is 5. The molecular weight excluding hydrogens is 268 g/mol. The molecule has 0 radical (unpaired) electrons. The van der Waals surface area contributed by atoms with E-state index < -0.39 is 5.97 Å². The number of carboxylic acids is 1. The SMILES string of the molecule is CC(CCC(=O)O)Nc1nc(Br)cs1. The molecule has 6 heteroatoms. The summed E-state index contributed by atoms with van der Waals surface area (Å²) in [4.78, 5) is 14.5. The number of nitrogens with one attached hydrogen (secondary N) is 1. The third kappa shape index (κ3) is 4.06. The number of nitrogens with zero attached hydrogens (tertiary/aromatic N) is 1. The Morgan fingerprint density at radius 2 is 2.57 bits per heavy atom. The molecule has 0 spiro atoms. The van der Waals surface area contributed by atoms with Gasteiger partial charge in [-0.05, 0) is 29.3 Å². The number of hydrogen-bond acceptors (Lipinski definition) is 4. The smallest absolute Gasteiger partial charge is 0.303 e. The standard InChI is InChI=1S/C8H11BrN2O2S/c1-5(2-3-7(12)13)10-8-11-6(9)4-14-8/h4-5H,2-3H2,1H3,(H,10,11)(H,12,13). The molecular formula is C8H11BrN2O2S. The maximum atomic E-state index is 10.3. The van der Waals surface area contributed by atoms with Crippen molar-refractivity contribution in [3.63, 3.8) is 0 Å². The van der Waals surface area contributed by atoms with Crippen LogP contribution < -0.4 is 5.32 Å². The molecule has 1 aromatic heterocycles. The quantitative estimate of drug-likeness (QED) is 0.869. The number of aromatic nitrogens is 1. The third-order valence-electron chi connectivity index (χ3n) is 1.64. The van der Waals surface area contributed by atoms with Gasteiger partial charge >= 0.3 is 5.97 Å². The third-order valence-corrected chi connectivity index (χ3v) is 3.12. The molecule has 2 N–H and O–H groups in total. The van der Waals surface area contributed by atoms with Crippen LogP contribution in [0.5, 0.6) is 0 Å². The Balaban J connectivity index is 2.33. The van der Waals surface area contributed by atoms with Gasteiger partial charge in [0.1, 0.15) is 4.60 Å². The molecule has 0 aliphatic heterocycles. The Morgan fingerprint density at radius 1 is 1.86 bits per heavy atom. The van der Waals surface area contributed by atoms with Gasteiger partial charge in [0.15, 0.2) is 5.13 Å². The lowest BCUT2D eigenvalue weighted by atomic mass is 10.2. The minimum Gasteiger partial charge on any atom is -0.481 e. The Hall–Kier alpha value is -0.620. The monoisotopic (exact) mass is 278 g/mol. The van der Waals surface area contributed by atoms with Crippen molar-refractivity contribution in [3.8, 4) is 0 Å². The minimum absolute atomic E-state index is 0.129. The van der Waals surface area contributed by atoms with Crippen molar-refractivity contribution in [1.82, 2.24) is 4.98 Å². The van der Waals surface area contributed by atoms with E-state index in [0.717, 1.165) is 9.73 Å². The average molecular weight is 279 g/mol. The van der Waals surface area contributed by atoms with Crippen LogP contribution in [-0.2, 0) is 4.79 Å². The molecule has 0 aliphatic rings. The highest BCUT2D eigenvalue weighted by Gasteiger charge is 2.07. The fourth-order valence-corrected chi connectivity index (χ4v) is 2.20. The molecule has 0 amide bonds. The van der Waals surface area contributed by atoms with Crippen molar-refractivity contribution in [3.05, 3.63) is 9.98 Å². The van der Waals surface area contributed by atoms with Gasteiger partial charge in [0.05, 0.1) is 0 Å². The summed E-state index contributed by atoms with van der Waals surface area (Å²) in [7, 11) is 0. The fourth-order valence-electron chi connectivity index (χ4n) is 0.943. The van der Waals surface area contributed by atoms with E-state index >= 15 is 0 Å². The van der Waals surface area contributed by atoms with Crippen LogP contribution in [0, 0.1) is 0 Å². The number of anilines is 1. The van der Waals surface area contributed by atoms with Crippen LogP contribution in [0.1, 0.15) is 19.8 Å². The zero-order valence-corrected chi connectivity index (χ0v) is 10.1. The highest BCUT2D eigenvalue weighted by Crippen LogP contribution is 2.20. The van der Waals surface area contributed by atoms with E-state index in [1.165, 1.54) is 11.3 Å². The molecule has 0 saturated carbocycles. The second-order valence-corrected chi connectivity index (χ2v) is 4.62. The first-order valence-electron chi connectivity index (χ1n) is 4.17. The molecule has 78 valence electrons. The second-order valence-electron chi connectivity index (χ2n) is 2.95. The number of aliphatic carboxylic acids is 1. The molecule has 0 aromatic carbocycles. The Morgan fingerprint density at radius 3 is 3.07 bits per heavy atom. The number of halogens is 1. The predicted molar refractivity (Wildman–Crippen MR) is 59.8 cm³/mol.